The van der Waals surface area contributed by atoms with E-state index in [4.69, 9.17) is 9.47 Å². The van der Waals surface area contributed by atoms with Gasteiger partial charge in [0.2, 0.25) is 0 Å². The topological polar surface area (TPSA) is 55.8 Å². The molecule has 0 fully saturated rings. The number of aliphatic hydroxyl groups excluding tert-OH is 1. The minimum atomic E-state index is -0.906. The van der Waals surface area contributed by atoms with Crippen LogP contribution in [0.4, 0.5) is 0 Å². The molecule has 98 valence electrons. The predicted molar refractivity (Wildman–Crippen MR) is 66.4 cm³/mol. The molecule has 0 bridgehead atoms. The maximum Gasteiger partial charge on any atom is 0.314 e. The average Bonchev–Trinajstić information content (AvgIpc) is 2.41. The molecule has 1 aliphatic rings. The molecule has 0 unspecified atom stereocenters. The van der Waals surface area contributed by atoms with Crippen LogP contribution < -0.4 is 4.74 Å². The van der Waals surface area contributed by atoms with E-state index in [1.54, 1.807) is 20.1 Å². The van der Waals surface area contributed by atoms with Gasteiger partial charge in [0.25, 0.3) is 0 Å². The first kappa shape index (κ1) is 12.9. The van der Waals surface area contributed by atoms with Gasteiger partial charge < -0.3 is 14.6 Å². The van der Waals surface area contributed by atoms with Crippen LogP contribution in [0.1, 0.15) is 30.6 Å². The first-order valence-electron chi connectivity index (χ1n) is 5.97. The Morgan fingerprint density at radius 1 is 1.44 bits per heavy atom. The van der Waals surface area contributed by atoms with E-state index >= 15 is 0 Å². The SMILES string of the molecule is COC(=O)[C@@]1(C)CCc2cccc(OC)c2[C@H]1O. The van der Waals surface area contributed by atoms with Crippen LogP contribution in [-0.2, 0) is 16.0 Å². The highest BCUT2D eigenvalue weighted by atomic mass is 16.5. The smallest absolute Gasteiger partial charge is 0.314 e. The average molecular weight is 250 g/mol. The van der Waals surface area contributed by atoms with Crippen molar-refractivity contribution < 1.29 is 19.4 Å². The third-order valence-electron chi connectivity index (χ3n) is 3.82. The van der Waals surface area contributed by atoms with Crippen LogP contribution in [0.15, 0.2) is 18.2 Å². The van der Waals surface area contributed by atoms with Crippen molar-refractivity contribution in [3.05, 3.63) is 29.3 Å². The molecule has 4 heteroatoms. The number of aliphatic hydroxyl groups is 1. The molecular formula is C14H18O4. The monoisotopic (exact) mass is 250 g/mol. The summed E-state index contributed by atoms with van der Waals surface area (Å²) in [5, 5.41) is 10.5. The standard InChI is InChI=1S/C14H18O4/c1-14(13(16)18-3)8-7-9-5-4-6-10(17-2)11(9)12(14)15/h4-6,12,15H,7-8H2,1-3H3/t12-,14+/m1/s1. The summed E-state index contributed by atoms with van der Waals surface area (Å²) < 4.78 is 10.1. The molecule has 0 heterocycles. The first-order chi connectivity index (χ1) is 8.54. The third kappa shape index (κ3) is 1.77. The predicted octanol–water partition coefficient (Wildman–Crippen LogP) is 1.85. The van der Waals surface area contributed by atoms with Crippen LogP contribution in [0.25, 0.3) is 0 Å². The second-order valence-electron chi connectivity index (χ2n) is 4.84. The van der Waals surface area contributed by atoms with Crippen LogP contribution in [-0.4, -0.2) is 25.3 Å². The molecule has 0 saturated carbocycles. The van der Waals surface area contributed by atoms with Gasteiger partial charge in [0.05, 0.1) is 25.7 Å². The number of aryl methyl sites for hydroxylation is 1. The van der Waals surface area contributed by atoms with Gasteiger partial charge in [-0.05, 0) is 31.4 Å². The van der Waals surface area contributed by atoms with Crippen LogP contribution >= 0.6 is 0 Å². The number of esters is 1. The van der Waals surface area contributed by atoms with Gasteiger partial charge in [-0.25, -0.2) is 0 Å². The fourth-order valence-corrected chi connectivity index (χ4v) is 2.59. The maximum atomic E-state index is 11.9. The van der Waals surface area contributed by atoms with Gasteiger partial charge in [-0.2, -0.15) is 0 Å². The van der Waals surface area contributed by atoms with Gasteiger partial charge in [0.1, 0.15) is 5.75 Å². The number of ether oxygens (including phenoxy) is 2. The molecule has 18 heavy (non-hydrogen) atoms. The second kappa shape index (κ2) is 4.61. The summed E-state index contributed by atoms with van der Waals surface area (Å²) in [6, 6.07) is 5.65. The largest absolute Gasteiger partial charge is 0.496 e. The van der Waals surface area contributed by atoms with Gasteiger partial charge in [-0.1, -0.05) is 12.1 Å². The van der Waals surface area contributed by atoms with E-state index in [2.05, 4.69) is 0 Å². The van der Waals surface area contributed by atoms with Crippen molar-refractivity contribution in [1.29, 1.82) is 0 Å². The quantitative estimate of drug-likeness (QED) is 0.814. The molecule has 2 atom stereocenters. The minimum absolute atomic E-state index is 0.383. The van der Waals surface area contributed by atoms with Gasteiger partial charge in [0.15, 0.2) is 0 Å². The Morgan fingerprint density at radius 3 is 2.78 bits per heavy atom. The number of methoxy groups -OCH3 is 2. The Morgan fingerprint density at radius 2 is 2.17 bits per heavy atom. The van der Waals surface area contributed by atoms with Gasteiger partial charge in [-0.3, -0.25) is 4.79 Å². The number of carbonyl (C=O) groups excluding carboxylic acids is 1. The lowest BCUT2D eigenvalue weighted by Crippen LogP contribution is -2.39. The zero-order chi connectivity index (χ0) is 13.3. The van der Waals surface area contributed by atoms with E-state index in [-0.39, 0.29) is 5.97 Å². The second-order valence-corrected chi connectivity index (χ2v) is 4.84. The lowest BCUT2D eigenvalue weighted by atomic mass is 9.70. The van der Waals surface area contributed by atoms with Gasteiger partial charge >= 0.3 is 5.97 Å². The molecule has 0 aromatic heterocycles. The van der Waals surface area contributed by atoms with E-state index < -0.39 is 11.5 Å². The van der Waals surface area contributed by atoms with Crippen molar-refractivity contribution in [3.8, 4) is 5.75 Å². The highest BCUT2D eigenvalue weighted by Crippen LogP contribution is 2.47. The van der Waals surface area contributed by atoms with Crippen molar-refractivity contribution in [2.24, 2.45) is 5.41 Å². The Labute approximate surface area is 107 Å². The molecule has 1 aliphatic carbocycles. The lowest BCUT2D eigenvalue weighted by Gasteiger charge is -2.37. The molecule has 0 saturated heterocycles. The van der Waals surface area contributed by atoms with Crippen LogP contribution in [0.3, 0.4) is 0 Å². The van der Waals surface area contributed by atoms with Crippen molar-refractivity contribution in [2.45, 2.75) is 25.9 Å². The van der Waals surface area contributed by atoms with Gasteiger partial charge in [0, 0.05) is 5.56 Å². The number of hydrogen-bond donors (Lipinski definition) is 1. The molecule has 0 radical (unpaired) electrons. The number of fused-ring (bicyclic) bond motifs is 1. The van der Waals surface area contributed by atoms with E-state index in [0.29, 0.717) is 17.7 Å². The van der Waals surface area contributed by atoms with Gasteiger partial charge in [-0.15, -0.1) is 0 Å². The summed E-state index contributed by atoms with van der Waals surface area (Å²) >= 11 is 0. The molecule has 1 aromatic rings. The lowest BCUT2D eigenvalue weighted by molar-refractivity contribution is -0.160. The summed E-state index contributed by atoms with van der Waals surface area (Å²) in [6.45, 7) is 1.74. The number of hydrogen-bond acceptors (Lipinski definition) is 4. The molecular weight excluding hydrogens is 232 g/mol. The molecule has 1 N–H and O–H groups in total. The fourth-order valence-electron chi connectivity index (χ4n) is 2.59. The Bertz CT molecular complexity index is 455. The van der Waals surface area contributed by atoms with Crippen molar-refractivity contribution >= 4 is 5.97 Å². The molecule has 0 spiro atoms. The van der Waals surface area contributed by atoms with Crippen LogP contribution in [0, 0.1) is 5.41 Å². The number of carbonyl (C=O) groups is 1. The van der Waals surface area contributed by atoms with E-state index in [1.807, 2.05) is 12.1 Å². The van der Waals surface area contributed by atoms with Crippen molar-refractivity contribution in [1.82, 2.24) is 0 Å². The van der Waals surface area contributed by atoms with Crippen LogP contribution in [0.2, 0.25) is 0 Å². The summed E-state index contributed by atoms with van der Waals surface area (Å²) in [5.74, 6) is 0.237. The van der Waals surface area contributed by atoms with Crippen molar-refractivity contribution in [3.63, 3.8) is 0 Å². The fraction of sp³-hybridized carbons (Fsp3) is 0.500. The Kier molecular flexibility index (Phi) is 3.30. The first-order valence-corrected chi connectivity index (χ1v) is 5.97. The third-order valence-corrected chi connectivity index (χ3v) is 3.82. The van der Waals surface area contributed by atoms with Crippen LogP contribution in [0.5, 0.6) is 5.75 Å². The zero-order valence-corrected chi connectivity index (χ0v) is 10.9. The van der Waals surface area contributed by atoms with Crippen molar-refractivity contribution in [2.75, 3.05) is 14.2 Å². The molecule has 4 nitrogen and oxygen atoms in total. The highest BCUT2D eigenvalue weighted by molar-refractivity contribution is 5.78. The molecule has 0 amide bonds. The number of rotatable bonds is 2. The molecule has 0 aliphatic heterocycles. The van der Waals surface area contributed by atoms with E-state index in [0.717, 1.165) is 12.0 Å². The maximum absolute atomic E-state index is 11.9. The summed E-state index contributed by atoms with van der Waals surface area (Å²) in [7, 11) is 2.91. The zero-order valence-electron chi connectivity index (χ0n) is 10.9. The highest BCUT2D eigenvalue weighted by Gasteiger charge is 2.46. The summed E-state index contributed by atoms with van der Waals surface area (Å²) in [5.41, 5.74) is 0.832. The van der Waals surface area contributed by atoms with E-state index in [9.17, 15) is 9.90 Å². The van der Waals surface area contributed by atoms with E-state index in [1.165, 1.54) is 7.11 Å². The Balaban J connectivity index is 2.50. The summed E-state index contributed by atoms with van der Waals surface area (Å²) in [6.07, 6.45) is 0.403. The normalized spacial score (nSPS) is 26.3. The summed E-state index contributed by atoms with van der Waals surface area (Å²) in [4.78, 5) is 11.9. The molecule has 1 aromatic carbocycles. The Hall–Kier alpha value is -1.55. The minimum Gasteiger partial charge on any atom is -0.496 e. The number of benzene rings is 1. The molecule has 2 rings (SSSR count).